The van der Waals surface area contributed by atoms with Crippen molar-refractivity contribution < 1.29 is 0 Å². The van der Waals surface area contributed by atoms with Crippen molar-refractivity contribution in [3.05, 3.63) is 41.2 Å². The quantitative estimate of drug-likeness (QED) is 0.691. The average Bonchev–Trinajstić information content (AvgIpc) is 2.48. The van der Waals surface area contributed by atoms with Gasteiger partial charge < -0.3 is 4.98 Å². The molecule has 0 aliphatic carbocycles. The van der Waals surface area contributed by atoms with Crippen LogP contribution in [0.5, 0.6) is 0 Å². The maximum absolute atomic E-state index is 3.27. The predicted molar refractivity (Wildman–Crippen MR) is 63.5 cm³/mol. The summed E-state index contributed by atoms with van der Waals surface area (Å²) in [4.78, 5) is 3.27. The molecule has 0 spiro atoms. The summed E-state index contributed by atoms with van der Waals surface area (Å²) in [6, 6.07) is 0. The lowest BCUT2D eigenvalue weighted by Crippen LogP contribution is -1.87. The third-order valence-electron chi connectivity index (χ3n) is 2.35. The van der Waals surface area contributed by atoms with Gasteiger partial charge in [0.15, 0.2) is 0 Å². The highest BCUT2D eigenvalue weighted by Gasteiger charge is 2.07. The molecule has 1 aromatic heterocycles. The van der Waals surface area contributed by atoms with Crippen molar-refractivity contribution in [2.75, 3.05) is 0 Å². The van der Waals surface area contributed by atoms with Crippen molar-refractivity contribution in [3.63, 3.8) is 0 Å². The first kappa shape index (κ1) is 10.8. The molecule has 1 heterocycles. The van der Waals surface area contributed by atoms with Crippen LogP contribution in [0.25, 0.3) is 6.08 Å². The van der Waals surface area contributed by atoms with Gasteiger partial charge >= 0.3 is 0 Å². The second kappa shape index (κ2) is 4.85. The summed E-state index contributed by atoms with van der Waals surface area (Å²) < 4.78 is 0. The number of hydrogen-bond donors (Lipinski definition) is 1. The molecule has 14 heavy (non-hydrogen) atoms. The highest BCUT2D eigenvalue weighted by molar-refractivity contribution is 5.58. The molecule has 0 bridgehead atoms. The number of allylic oxidation sites excluding steroid dienone is 3. The fourth-order valence-corrected chi connectivity index (χ4v) is 1.52. The van der Waals surface area contributed by atoms with E-state index < -0.39 is 0 Å². The third-order valence-corrected chi connectivity index (χ3v) is 2.35. The van der Waals surface area contributed by atoms with Crippen LogP contribution in [0, 0.1) is 6.92 Å². The van der Waals surface area contributed by atoms with Crippen molar-refractivity contribution in [1.82, 2.24) is 4.98 Å². The summed E-state index contributed by atoms with van der Waals surface area (Å²) >= 11 is 0. The number of H-pyrrole nitrogens is 1. The fourth-order valence-electron chi connectivity index (χ4n) is 1.52. The van der Waals surface area contributed by atoms with E-state index in [0.717, 1.165) is 0 Å². The molecule has 0 radical (unpaired) electrons. The van der Waals surface area contributed by atoms with E-state index in [1.165, 1.54) is 16.8 Å². The molecule has 1 heteroatoms. The van der Waals surface area contributed by atoms with E-state index in [-0.39, 0.29) is 0 Å². The van der Waals surface area contributed by atoms with E-state index in [1.807, 2.05) is 13.0 Å². The summed E-state index contributed by atoms with van der Waals surface area (Å²) in [6.45, 7) is 8.57. The molecule has 0 amide bonds. The molecule has 1 rings (SSSR count). The Morgan fingerprint density at radius 1 is 1.29 bits per heavy atom. The molecule has 0 aromatic carbocycles. The van der Waals surface area contributed by atoms with Gasteiger partial charge in [0.25, 0.3) is 0 Å². The summed E-state index contributed by atoms with van der Waals surface area (Å²) in [5.74, 6) is 0.574. The van der Waals surface area contributed by atoms with Crippen LogP contribution in [0.15, 0.2) is 24.4 Å². The number of aromatic nitrogens is 1. The van der Waals surface area contributed by atoms with E-state index >= 15 is 0 Å². The van der Waals surface area contributed by atoms with E-state index in [9.17, 15) is 0 Å². The summed E-state index contributed by atoms with van der Waals surface area (Å²) in [7, 11) is 0. The smallest absolute Gasteiger partial charge is 0.0192 e. The van der Waals surface area contributed by atoms with Crippen LogP contribution in [0.1, 0.15) is 43.5 Å². The Labute approximate surface area is 86.5 Å². The van der Waals surface area contributed by atoms with E-state index in [2.05, 4.69) is 50.2 Å². The standard InChI is InChI=1S/C13H19N/c1-5-6-7-8-12-11(4)14-9-13(12)10(2)3/h5-10,14H,1-4H3/b6-5-,8-7-. The number of rotatable bonds is 3. The molecule has 0 aliphatic heterocycles. The SMILES string of the molecule is C/C=C\C=C/c1c(C(C)C)c[nH]c1C. The first-order chi connectivity index (χ1) is 6.66. The lowest BCUT2D eigenvalue weighted by atomic mass is 10.0. The van der Waals surface area contributed by atoms with Crippen LogP contribution < -0.4 is 0 Å². The number of aryl methyl sites for hydroxylation is 1. The zero-order valence-electron chi connectivity index (χ0n) is 9.46. The molecule has 0 unspecified atom stereocenters. The first-order valence-corrected chi connectivity index (χ1v) is 5.14. The minimum absolute atomic E-state index is 0.574. The zero-order valence-corrected chi connectivity index (χ0v) is 9.46. The van der Waals surface area contributed by atoms with Gasteiger partial charge in [0.2, 0.25) is 0 Å². The van der Waals surface area contributed by atoms with Crippen molar-refractivity contribution in [3.8, 4) is 0 Å². The number of nitrogens with one attached hydrogen (secondary N) is 1. The normalized spacial score (nSPS) is 12.4. The highest BCUT2D eigenvalue weighted by atomic mass is 14.7. The molecule has 0 fully saturated rings. The molecular formula is C13H19N. The maximum atomic E-state index is 3.27. The van der Waals surface area contributed by atoms with Gasteiger partial charge in [-0.3, -0.25) is 0 Å². The van der Waals surface area contributed by atoms with Crippen molar-refractivity contribution in [1.29, 1.82) is 0 Å². The topological polar surface area (TPSA) is 15.8 Å². The van der Waals surface area contributed by atoms with Crippen LogP contribution in [0.4, 0.5) is 0 Å². The third kappa shape index (κ3) is 2.38. The fraction of sp³-hybridized carbons (Fsp3) is 0.385. The average molecular weight is 189 g/mol. The van der Waals surface area contributed by atoms with Crippen LogP contribution in [-0.2, 0) is 0 Å². The summed E-state index contributed by atoms with van der Waals surface area (Å²) in [5.41, 5.74) is 3.97. The highest BCUT2D eigenvalue weighted by Crippen LogP contribution is 2.23. The van der Waals surface area contributed by atoms with Crippen molar-refractivity contribution in [2.45, 2.75) is 33.6 Å². The lowest BCUT2D eigenvalue weighted by molar-refractivity contribution is 0.866. The Morgan fingerprint density at radius 2 is 2.00 bits per heavy atom. The minimum atomic E-state index is 0.574. The molecule has 1 aromatic rings. The van der Waals surface area contributed by atoms with Crippen molar-refractivity contribution >= 4 is 6.08 Å². The first-order valence-electron chi connectivity index (χ1n) is 5.14. The van der Waals surface area contributed by atoms with Crippen LogP contribution in [0.2, 0.25) is 0 Å². The Hall–Kier alpha value is -1.24. The number of hydrogen-bond acceptors (Lipinski definition) is 0. The Morgan fingerprint density at radius 3 is 2.57 bits per heavy atom. The summed E-state index contributed by atoms with van der Waals surface area (Å²) in [6.07, 6.45) is 10.4. The lowest BCUT2D eigenvalue weighted by Gasteiger charge is -2.03. The van der Waals surface area contributed by atoms with Gasteiger partial charge in [-0.05, 0) is 30.9 Å². The van der Waals surface area contributed by atoms with Gasteiger partial charge in [0.05, 0.1) is 0 Å². The van der Waals surface area contributed by atoms with Crippen molar-refractivity contribution in [2.24, 2.45) is 0 Å². The molecule has 0 saturated carbocycles. The summed E-state index contributed by atoms with van der Waals surface area (Å²) in [5, 5.41) is 0. The molecule has 0 aliphatic rings. The second-order valence-electron chi connectivity index (χ2n) is 3.82. The van der Waals surface area contributed by atoms with Gasteiger partial charge in [-0.15, -0.1) is 0 Å². The van der Waals surface area contributed by atoms with E-state index in [0.29, 0.717) is 5.92 Å². The van der Waals surface area contributed by atoms with Gasteiger partial charge in [-0.2, -0.15) is 0 Å². The Balaban J connectivity index is 2.99. The predicted octanol–water partition coefficient (Wildman–Crippen LogP) is 4.04. The van der Waals surface area contributed by atoms with Crippen LogP contribution in [0.3, 0.4) is 0 Å². The van der Waals surface area contributed by atoms with E-state index in [4.69, 9.17) is 0 Å². The molecule has 1 nitrogen and oxygen atoms in total. The largest absolute Gasteiger partial charge is 0.364 e. The van der Waals surface area contributed by atoms with Gasteiger partial charge in [0, 0.05) is 11.9 Å². The molecular weight excluding hydrogens is 170 g/mol. The number of aromatic amines is 1. The molecule has 1 N–H and O–H groups in total. The molecule has 0 saturated heterocycles. The Bertz CT molecular complexity index is 340. The minimum Gasteiger partial charge on any atom is -0.364 e. The van der Waals surface area contributed by atoms with Crippen LogP contribution >= 0.6 is 0 Å². The maximum Gasteiger partial charge on any atom is 0.0192 e. The second-order valence-corrected chi connectivity index (χ2v) is 3.82. The van der Waals surface area contributed by atoms with E-state index in [1.54, 1.807) is 0 Å². The van der Waals surface area contributed by atoms with Crippen LogP contribution in [-0.4, -0.2) is 4.98 Å². The molecule has 0 atom stereocenters. The molecule has 76 valence electrons. The van der Waals surface area contributed by atoms with Gasteiger partial charge in [-0.1, -0.05) is 38.2 Å². The zero-order chi connectivity index (χ0) is 10.6. The van der Waals surface area contributed by atoms with Gasteiger partial charge in [-0.25, -0.2) is 0 Å². The monoisotopic (exact) mass is 189 g/mol. The van der Waals surface area contributed by atoms with Gasteiger partial charge in [0.1, 0.15) is 0 Å². The Kier molecular flexibility index (Phi) is 3.75.